The van der Waals surface area contributed by atoms with Crippen LogP contribution in [0.15, 0.2) is 54.6 Å². The van der Waals surface area contributed by atoms with Gasteiger partial charge in [-0.2, -0.15) is 0 Å². The average Bonchev–Trinajstić information content (AvgIpc) is 3.43. The second kappa shape index (κ2) is 9.18. The number of likely N-dealkylation sites (tertiary alicyclic amines) is 1. The van der Waals surface area contributed by atoms with Crippen molar-refractivity contribution in [2.24, 2.45) is 11.8 Å². The highest BCUT2D eigenvalue weighted by atomic mass is 35.5. The molecule has 3 amide bonds. The van der Waals surface area contributed by atoms with Gasteiger partial charge in [-0.15, -0.1) is 0 Å². The van der Waals surface area contributed by atoms with Gasteiger partial charge in [0.2, 0.25) is 17.7 Å². The smallest absolute Gasteiger partial charge is 0.250 e. The standard InChI is InChI=1S/C27H30ClN3O5/c1-3-17(15-32)31-22(24(34)30-19-12-8-7-11-18(19)28)27-14-13-26(2,36-27)20(21(27)25(31)35)23(33)29-16-9-5-4-6-10-16/h4-12,17,20-22,32H,3,13-15H2,1-2H3,(H,29,33)(H,30,34)/t17-,20+,21-,22?,26-,27?/m0/s1. The predicted molar refractivity (Wildman–Crippen MR) is 135 cm³/mol. The monoisotopic (exact) mass is 511 g/mol. The summed E-state index contributed by atoms with van der Waals surface area (Å²) in [6.07, 6.45) is 1.43. The number of anilines is 2. The Morgan fingerprint density at radius 3 is 2.47 bits per heavy atom. The van der Waals surface area contributed by atoms with E-state index in [1.165, 1.54) is 4.90 Å². The zero-order valence-electron chi connectivity index (χ0n) is 20.2. The van der Waals surface area contributed by atoms with Crippen LogP contribution in [0.4, 0.5) is 11.4 Å². The largest absolute Gasteiger partial charge is 0.394 e. The summed E-state index contributed by atoms with van der Waals surface area (Å²) in [5.74, 6) is -2.72. The highest BCUT2D eigenvalue weighted by molar-refractivity contribution is 6.33. The molecule has 0 radical (unpaired) electrons. The third kappa shape index (κ3) is 3.70. The second-order valence-electron chi connectivity index (χ2n) is 10.0. The first kappa shape index (κ1) is 24.7. The van der Waals surface area contributed by atoms with Gasteiger partial charge in [0.05, 0.1) is 40.8 Å². The molecule has 190 valence electrons. The molecule has 3 aliphatic heterocycles. The first-order valence-electron chi connectivity index (χ1n) is 12.3. The average molecular weight is 512 g/mol. The highest BCUT2D eigenvalue weighted by Crippen LogP contribution is 2.63. The molecule has 3 N–H and O–H groups in total. The van der Waals surface area contributed by atoms with Crippen molar-refractivity contribution in [1.82, 2.24) is 4.90 Å². The Bertz CT molecular complexity index is 1190. The van der Waals surface area contributed by atoms with E-state index >= 15 is 0 Å². The topological polar surface area (TPSA) is 108 Å². The van der Waals surface area contributed by atoms with Gasteiger partial charge in [-0.1, -0.05) is 48.9 Å². The van der Waals surface area contributed by atoms with Crippen LogP contribution in [0.2, 0.25) is 5.02 Å². The number of hydrogen-bond donors (Lipinski definition) is 3. The number of nitrogens with one attached hydrogen (secondary N) is 2. The van der Waals surface area contributed by atoms with Gasteiger partial charge < -0.3 is 25.4 Å². The predicted octanol–water partition coefficient (Wildman–Crippen LogP) is 3.45. The number of benzene rings is 2. The molecule has 0 aromatic heterocycles. The minimum absolute atomic E-state index is 0.306. The Balaban J connectivity index is 1.54. The number of hydrogen-bond acceptors (Lipinski definition) is 5. The van der Waals surface area contributed by atoms with E-state index in [1.54, 1.807) is 36.4 Å². The lowest BCUT2D eigenvalue weighted by Crippen LogP contribution is -2.56. The molecule has 9 heteroatoms. The number of fused-ring (bicyclic) bond motifs is 1. The molecule has 5 rings (SSSR count). The third-order valence-electron chi connectivity index (χ3n) is 7.99. The van der Waals surface area contributed by atoms with Crippen LogP contribution in [0.5, 0.6) is 0 Å². The van der Waals surface area contributed by atoms with Crippen molar-refractivity contribution in [2.75, 3.05) is 17.2 Å². The minimum Gasteiger partial charge on any atom is -0.394 e. The van der Waals surface area contributed by atoms with E-state index in [9.17, 15) is 19.5 Å². The third-order valence-corrected chi connectivity index (χ3v) is 8.32. The van der Waals surface area contributed by atoms with Crippen LogP contribution in [0.3, 0.4) is 0 Å². The Kier molecular flexibility index (Phi) is 6.31. The van der Waals surface area contributed by atoms with Crippen LogP contribution in [0.25, 0.3) is 0 Å². The molecule has 2 aromatic carbocycles. The van der Waals surface area contributed by atoms with Gasteiger partial charge in [-0.05, 0) is 50.5 Å². The normalized spacial score (nSPS) is 31.3. The molecule has 2 bridgehead atoms. The van der Waals surface area contributed by atoms with Gasteiger partial charge in [0.15, 0.2) is 0 Å². The van der Waals surface area contributed by atoms with E-state index in [0.717, 1.165) is 0 Å². The zero-order chi connectivity index (χ0) is 25.7. The number of nitrogens with zero attached hydrogens (tertiary/aromatic N) is 1. The van der Waals surface area contributed by atoms with Crippen molar-refractivity contribution >= 4 is 40.7 Å². The summed E-state index contributed by atoms with van der Waals surface area (Å²) in [5.41, 5.74) is -1.03. The Hall–Kier alpha value is -2.94. The fourth-order valence-electron chi connectivity index (χ4n) is 6.38. The van der Waals surface area contributed by atoms with E-state index in [0.29, 0.717) is 35.7 Å². The maximum Gasteiger partial charge on any atom is 0.250 e. The number of aliphatic hydroxyl groups is 1. The van der Waals surface area contributed by atoms with E-state index in [4.69, 9.17) is 16.3 Å². The first-order chi connectivity index (χ1) is 17.3. The summed E-state index contributed by atoms with van der Waals surface area (Å²) in [5, 5.41) is 16.3. The van der Waals surface area contributed by atoms with Gasteiger partial charge in [0.25, 0.3) is 0 Å². The summed E-state index contributed by atoms with van der Waals surface area (Å²) >= 11 is 6.29. The summed E-state index contributed by atoms with van der Waals surface area (Å²) in [6, 6.07) is 14.3. The van der Waals surface area contributed by atoms with Crippen molar-refractivity contribution < 1.29 is 24.2 Å². The maximum atomic E-state index is 14.0. The van der Waals surface area contributed by atoms with Crippen molar-refractivity contribution in [3.63, 3.8) is 0 Å². The van der Waals surface area contributed by atoms with Crippen LogP contribution in [-0.2, 0) is 19.1 Å². The van der Waals surface area contributed by atoms with Gasteiger partial charge in [0, 0.05) is 5.69 Å². The van der Waals surface area contributed by atoms with Gasteiger partial charge >= 0.3 is 0 Å². The molecule has 6 atom stereocenters. The van der Waals surface area contributed by atoms with E-state index in [2.05, 4.69) is 10.6 Å². The molecule has 0 saturated carbocycles. The van der Waals surface area contributed by atoms with Crippen LogP contribution in [-0.4, -0.2) is 57.6 Å². The number of rotatable bonds is 7. The lowest BCUT2D eigenvalue weighted by atomic mass is 9.66. The summed E-state index contributed by atoms with van der Waals surface area (Å²) in [6.45, 7) is 3.39. The fourth-order valence-corrected chi connectivity index (χ4v) is 6.56. The van der Waals surface area contributed by atoms with Gasteiger partial charge in [0.1, 0.15) is 11.6 Å². The molecule has 8 nitrogen and oxygen atoms in total. The number of carbonyl (C=O) groups is 3. The molecule has 36 heavy (non-hydrogen) atoms. The molecule has 3 fully saturated rings. The van der Waals surface area contributed by atoms with E-state index in [-0.39, 0.29) is 18.4 Å². The molecule has 3 saturated heterocycles. The molecule has 1 spiro atoms. The summed E-state index contributed by atoms with van der Waals surface area (Å²) in [4.78, 5) is 42.9. The highest BCUT2D eigenvalue weighted by Gasteiger charge is 2.78. The lowest BCUT2D eigenvalue weighted by Gasteiger charge is -2.36. The number of aliphatic hydroxyl groups excluding tert-OH is 1. The number of halogens is 1. The van der Waals surface area contributed by atoms with Gasteiger partial charge in [-0.25, -0.2) is 0 Å². The zero-order valence-corrected chi connectivity index (χ0v) is 21.0. The maximum absolute atomic E-state index is 14.0. The number of ether oxygens (including phenoxy) is 1. The number of para-hydroxylation sites is 2. The summed E-state index contributed by atoms with van der Waals surface area (Å²) in [7, 11) is 0. The van der Waals surface area contributed by atoms with Crippen LogP contribution in [0.1, 0.15) is 33.1 Å². The number of amides is 3. The van der Waals surface area contributed by atoms with Crippen LogP contribution in [0, 0.1) is 11.8 Å². The minimum atomic E-state index is -1.18. The molecule has 3 heterocycles. The quantitative estimate of drug-likeness (QED) is 0.527. The van der Waals surface area contributed by atoms with Crippen molar-refractivity contribution in [3.05, 3.63) is 59.6 Å². The Morgan fingerprint density at radius 2 is 1.81 bits per heavy atom. The fraction of sp³-hybridized carbons (Fsp3) is 0.444. The molecule has 2 aromatic rings. The van der Waals surface area contributed by atoms with Crippen molar-refractivity contribution in [3.8, 4) is 0 Å². The number of carbonyl (C=O) groups excluding carboxylic acids is 3. The molecule has 2 unspecified atom stereocenters. The second-order valence-corrected chi connectivity index (χ2v) is 10.4. The van der Waals surface area contributed by atoms with E-state index < -0.39 is 41.0 Å². The van der Waals surface area contributed by atoms with Crippen molar-refractivity contribution in [2.45, 2.75) is 56.4 Å². The first-order valence-corrected chi connectivity index (χ1v) is 12.7. The Labute approximate surface area is 215 Å². The molecular formula is C27H30ClN3O5. The molecule has 3 aliphatic rings. The SMILES string of the molecule is CC[C@@H](CO)N1C(=O)[C@@H]2[C@H](C(=O)Nc3ccccc3)[C@]3(C)CCC2(O3)C1C(=O)Nc1ccccc1Cl. The van der Waals surface area contributed by atoms with Gasteiger partial charge in [-0.3, -0.25) is 14.4 Å². The van der Waals surface area contributed by atoms with Crippen molar-refractivity contribution in [1.29, 1.82) is 0 Å². The molecular weight excluding hydrogens is 482 g/mol. The lowest BCUT2D eigenvalue weighted by molar-refractivity contribution is -0.146. The van der Waals surface area contributed by atoms with E-state index in [1.807, 2.05) is 32.0 Å². The van der Waals surface area contributed by atoms with Crippen LogP contribution >= 0.6 is 11.6 Å². The molecule has 0 aliphatic carbocycles. The Morgan fingerprint density at radius 1 is 1.11 bits per heavy atom. The summed E-state index contributed by atoms with van der Waals surface area (Å²) < 4.78 is 6.59. The van der Waals surface area contributed by atoms with Crippen LogP contribution < -0.4 is 10.6 Å².